The summed E-state index contributed by atoms with van der Waals surface area (Å²) in [6.45, 7) is 10.7. The van der Waals surface area contributed by atoms with Gasteiger partial charge in [0, 0.05) is 64.6 Å². The molecule has 30 heavy (non-hydrogen) atoms. The second-order valence-corrected chi connectivity index (χ2v) is 9.41. The first kappa shape index (κ1) is 24.5. The van der Waals surface area contributed by atoms with Crippen molar-refractivity contribution in [3.05, 3.63) is 0 Å². The summed E-state index contributed by atoms with van der Waals surface area (Å²) in [6, 6.07) is 0.523. The molecule has 0 bridgehead atoms. The van der Waals surface area contributed by atoms with Gasteiger partial charge in [0.25, 0.3) is 0 Å². The topological polar surface area (TPSA) is 61.4 Å². The van der Waals surface area contributed by atoms with Gasteiger partial charge >= 0.3 is 0 Å². The Morgan fingerprint density at radius 3 is 2.37 bits per heavy atom. The van der Waals surface area contributed by atoms with Crippen molar-refractivity contribution in [3.63, 3.8) is 0 Å². The van der Waals surface area contributed by atoms with Crippen LogP contribution in [0.15, 0.2) is 4.99 Å². The van der Waals surface area contributed by atoms with Crippen molar-refractivity contribution in [2.24, 2.45) is 10.9 Å². The molecule has 0 radical (unpaired) electrons. The summed E-state index contributed by atoms with van der Waals surface area (Å²) in [4.78, 5) is 9.87. The third-order valence-corrected chi connectivity index (χ3v) is 7.48. The molecule has 174 valence electrons. The first-order valence-electron chi connectivity index (χ1n) is 11.9. The number of halogens is 1. The number of likely N-dealkylation sites (tertiary alicyclic amines) is 2. The zero-order chi connectivity index (χ0) is 19.9. The number of hydrogen-bond acceptors (Lipinski definition) is 5. The van der Waals surface area contributed by atoms with Gasteiger partial charge in [-0.05, 0) is 64.0 Å². The Bertz CT molecular complexity index is 524. The van der Waals surface area contributed by atoms with Gasteiger partial charge in [0.05, 0.1) is 6.61 Å². The molecular formula is C22H42IN5O2. The Morgan fingerprint density at radius 1 is 1.00 bits per heavy atom. The highest BCUT2D eigenvalue weighted by molar-refractivity contribution is 14.0. The van der Waals surface area contributed by atoms with E-state index in [9.17, 15) is 0 Å². The van der Waals surface area contributed by atoms with Gasteiger partial charge in [0.15, 0.2) is 5.96 Å². The van der Waals surface area contributed by atoms with Crippen LogP contribution in [-0.2, 0) is 9.47 Å². The second kappa shape index (κ2) is 12.2. The zero-order valence-electron chi connectivity index (χ0n) is 18.7. The summed E-state index contributed by atoms with van der Waals surface area (Å²) in [7, 11) is 1.90. The molecule has 7 nitrogen and oxygen atoms in total. The molecule has 0 aromatic rings. The fourth-order valence-corrected chi connectivity index (χ4v) is 5.54. The quantitative estimate of drug-likeness (QED) is 0.308. The number of ether oxygens (including phenoxy) is 2. The molecule has 0 aromatic carbocycles. The van der Waals surface area contributed by atoms with Crippen LogP contribution in [0.4, 0.5) is 0 Å². The molecule has 0 amide bonds. The van der Waals surface area contributed by atoms with Crippen LogP contribution in [0, 0.1) is 5.92 Å². The first-order valence-corrected chi connectivity index (χ1v) is 11.9. The summed E-state index contributed by atoms with van der Waals surface area (Å²) < 4.78 is 11.2. The van der Waals surface area contributed by atoms with Gasteiger partial charge in [0.2, 0.25) is 0 Å². The predicted molar refractivity (Wildman–Crippen MR) is 132 cm³/mol. The van der Waals surface area contributed by atoms with Crippen molar-refractivity contribution in [2.45, 2.75) is 56.5 Å². The number of hydrogen-bond donors (Lipinski definition) is 2. The molecule has 4 rings (SSSR count). The lowest BCUT2D eigenvalue weighted by Gasteiger charge is -2.45. The van der Waals surface area contributed by atoms with Crippen molar-refractivity contribution in [3.8, 4) is 0 Å². The van der Waals surface area contributed by atoms with Gasteiger partial charge in [-0.15, -0.1) is 24.0 Å². The number of aliphatic imine (C=N–C) groups is 1. The molecular weight excluding hydrogens is 493 g/mol. The van der Waals surface area contributed by atoms with Crippen LogP contribution < -0.4 is 10.6 Å². The third kappa shape index (κ3) is 6.43. The Hall–Kier alpha value is -0.160. The van der Waals surface area contributed by atoms with E-state index in [1.54, 1.807) is 0 Å². The van der Waals surface area contributed by atoms with Crippen LogP contribution in [0.25, 0.3) is 0 Å². The predicted octanol–water partition coefficient (Wildman–Crippen LogP) is 1.92. The van der Waals surface area contributed by atoms with E-state index in [0.717, 1.165) is 57.7 Å². The minimum atomic E-state index is 0. The molecule has 4 aliphatic heterocycles. The van der Waals surface area contributed by atoms with Crippen molar-refractivity contribution in [1.29, 1.82) is 0 Å². The summed E-state index contributed by atoms with van der Waals surface area (Å²) in [5.41, 5.74) is 0.235. The first-order chi connectivity index (χ1) is 14.3. The summed E-state index contributed by atoms with van der Waals surface area (Å²) >= 11 is 0. The van der Waals surface area contributed by atoms with Gasteiger partial charge in [0.1, 0.15) is 0 Å². The highest BCUT2D eigenvalue weighted by atomic mass is 127. The van der Waals surface area contributed by atoms with E-state index in [2.05, 4.69) is 25.4 Å². The maximum Gasteiger partial charge on any atom is 0.191 e. The normalized spacial score (nSPS) is 29.0. The molecule has 1 unspecified atom stereocenters. The number of piperidine rings is 1. The van der Waals surface area contributed by atoms with E-state index in [1.165, 1.54) is 64.8 Å². The van der Waals surface area contributed by atoms with E-state index in [1.807, 2.05) is 7.05 Å². The van der Waals surface area contributed by atoms with E-state index in [0.29, 0.717) is 6.04 Å². The number of guanidine groups is 1. The molecule has 4 fully saturated rings. The molecule has 0 spiro atoms. The summed E-state index contributed by atoms with van der Waals surface area (Å²) in [5, 5.41) is 7.39. The van der Waals surface area contributed by atoms with E-state index in [4.69, 9.17) is 9.47 Å². The second-order valence-electron chi connectivity index (χ2n) is 9.41. The van der Waals surface area contributed by atoms with Gasteiger partial charge in [-0.2, -0.15) is 0 Å². The highest BCUT2D eigenvalue weighted by Crippen LogP contribution is 2.30. The highest BCUT2D eigenvalue weighted by Gasteiger charge is 2.39. The van der Waals surface area contributed by atoms with Gasteiger partial charge in [-0.1, -0.05) is 0 Å². The average molecular weight is 536 g/mol. The fraction of sp³-hybridized carbons (Fsp3) is 0.955. The minimum Gasteiger partial charge on any atom is -0.381 e. The standard InChI is InChI=1S/C22H41N5O2.HI/c1-23-21(24-18-22(7-14-28-15-8-22)27-9-2-3-10-27)25-20-4-11-26(12-5-20)16-19-6-13-29-17-19;/h19-20H,2-18H2,1H3,(H2,23,24,25);1H. The molecule has 4 heterocycles. The van der Waals surface area contributed by atoms with Crippen LogP contribution in [0.5, 0.6) is 0 Å². The molecule has 0 saturated carbocycles. The Balaban J connectivity index is 0.00000256. The van der Waals surface area contributed by atoms with Crippen LogP contribution >= 0.6 is 24.0 Å². The molecule has 4 aliphatic rings. The van der Waals surface area contributed by atoms with Crippen LogP contribution in [0.3, 0.4) is 0 Å². The smallest absolute Gasteiger partial charge is 0.191 e. The minimum absolute atomic E-state index is 0. The van der Waals surface area contributed by atoms with Crippen LogP contribution in [0.1, 0.15) is 44.9 Å². The van der Waals surface area contributed by atoms with E-state index in [-0.39, 0.29) is 29.5 Å². The zero-order valence-corrected chi connectivity index (χ0v) is 21.1. The molecule has 2 N–H and O–H groups in total. The Kier molecular flexibility index (Phi) is 9.94. The van der Waals surface area contributed by atoms with Crippen molar-refractivity contribution in [2.75, 3.05) is 72.7 Å². The Labute approximate surface area is 199 Å². The SMILES string of the molecule is CN=C(NCC1(N2CCCC2)CCOCC1)NC1CCN(CC2CCOC2)CC1.I. The van der Waals surface area contributed by atoms with Crippen molar-refractivity contribution >= 4 is 29.9 Å². The molecule has 0 aromatic heterocycles. The molecule has 8 heteroatoms. The lowest BCUT2D eigenvalue weighted by molar-refractivity contribution is -0.0164. The molecule has 4 saturated heterocycles. The van der Waals surface area contributed by atoms with Gasteiger partial charge in [-0.25, -0.2) is 0 Å². The lowest BCUT2D eigenvalue weighted by Crippen LogP contribution is -2.59. The summed E-state index contributed by atoms with van der Waals surface area (Å²) in [5.74, 6) is 1.72. The fourth-order valence-electron chi connectivity index (χ4n) is 5.54. The average Bonchev–Trinajstić information content (AvgIpc) is 3.48. The maximum absolute atomic E-state index is 5.68. The van der Waals surface area contributed by atoms with E-state index >= 15 is 0 Å². The van der Waals surface area contributed by atoms with Gasteiger partial charge in [-0.3, -0.25) is 9.89 Å². The lowest BCUT2D eigenvalue weighted by atomic mass is 9.88. The molecule has 0 aliphatic carbocycles. The van der Waals surface area contributed by atoms with Crippen molar-refractivity contribution in [1.82, 2.24) is 20.4 Å². The van der Waals surface area contributed by atoms with Crippen LogP contribution in [0.2, 0.25) is 0 Å². The van der Waals surface area contributed by atoms with Crippen molar-refractivity contribution < 1.29 is 9.47 Å². The largest absolute Gasteiger partial charge is 0.381 e. The monoisotopic (exact) mass is 535 g/mol. The number of nitrogens with one attached hydrogen (secondary N) is 2. The summed E-state index contributed by atoms with van der Waals surface area (Å²) in [6.07, 6.45) is 8.54. The van der Waals surface area contributed by atoms with E-state index < -0.39 is 0 Å². The molecule has 1 atom stereocenters. The number of rotatable bonds is 6. The Morgan fingerprint density at radius 2 is 1.73 bits per heavy atom. The van der Waals surface area contributed by atoms with Gasteiger partial charge < -0.3 is 25.0 Å². The maximum atomic E-state index is 5.68. The third-order valence-electron chi connectivity index (χ3n) is 7.48. The van der Waals surface area contributed by atoms with Crippen LogP contribution in [-0.4, -0.2) is 100 Å². The number of nitrogens with zero attached hydrogens (tertiary/aromatic N) is 3.